The lowest BCUT2D eigenvalue weighted by molar-refractivity contribution is -0.152. The van der Waals surface area contributed by atoms with Crippen molar-refractivity contribution in [1.82, 2.24) is 9.80 Å². The Bertz CT molecular complexity index is 605. The SMILES string of the molecule is O=C(O)[C@H]1CCCC[C@@H]1C(=O)N1CCN(C(=O)c2ccco2)CC1. The van der Waals surface area contributed by atoms with E-state index in [1.807, 2.05) is 0 Å². The third kappa shape index (κ3) is 3.29. The van der Waals surface area contributed by atoms with Crippen LogP contribution in [-0.2, 0) is 9.59 Å². The minimum Gasteiger partial charge on any atom is -0.481 e. The molecule has 24 heavy (non-hydrogen) atoms. The first-order chi connectivity index (χ1) is 11.6. The zero-order valence-corrected chi connectivity index (χ0v) is 13.5. The Morgan fingerprint density at radius 1 is 1.00 bits per heavy atom. The number of carboxylic acid groups (broad SMARTS) is 1. The van der Waals surface area contributed by atoms with Crippen LogP contribution < -0.4 is 0 Å². The summed E-state index contributed by atoms with van der Waals surface area (Å²) in [7, 11) is 0. The second kappa shape index (κ2) is 7.07. The van der Waals surface area contributed by atoms with Gasteiger partial charge in [-0.25, -0.2) is 0 Å². The molecular weight excluding hydrogens is 312 g/mol. The van der Waals surface area contributed by atoms with Crippen molar-refractivity contribution in [2.45, 2.75) is 25.7 Å². The summed E-state index contributed by atoms with van der Waals surface area (Å²) in [5.74, 6) is -1.83. The van der Waals surface area contributed by atoms with Gasteiger partial charge in [0.25, 0.3) is 5.91 Å². The zero-order valence-electron chi connectivity index (χ0n) is 13.5. The van der Waals surface area contributed by atoms with Crippen LogP contribution in [0.1, 0.15) is 36.2 Å². The number of piperazine rings is 1. The van der Waals surface area contributed by atoms with Gasteiger partial charge in [-0.05, 0) is 25.0 Å². The van der Waals surface area contributed by atoms with Crippen molar-refractivity contribution < 1.29 is 23.9 Å². The largest absolute Gasteiger partial charge is 0.481 e. The van der Waals surface area contributed by atoms with Crippen molar-refractivity contribution in [3.05, 3.63) is 24.2 Å². The Kier molecular flexibility index (Phi) is 4.87. The van der Waals surface area contributed by atoms with E-state index in [0.717, 1.165) is 12.8 Å². The standard InChI is InChI=1S/C17H22N2O5/c20-15(12-4-1-2-5-13(12)17(22)23)18-7-9-19(10-8-18)16(21)14-6-3-11-24-14/h3,6,11-13H,1-2,4-5,7-10H2,(H,22,23)/t12-,13-/m0/s1. The van der Waals surface area contributed by atoms with Crippen molar-refractivity contribution in [2.75, 3.05) is 26.2 Å². The molecule has 2 fully saturated rings. The number of aliphatic carboxylic acids is 1. The van der Waals surface area contributed by atoms with Gasteiger partial charge in [0.15, 0.2) is 5.76 Å². The van der Waals surface area contributed by atoms with E-state index in [-0.39, 0.29) is 11.8 Å². The van der Waals surface area contributed by atoms with Gasteiger partial charge in [0.05, 0.1) is 18.1 Å². The minimum absolute atomic E-state index is 0.0767. The molecule has 1 aromatic heterocycles. The number of hydrogen-bond donors (Lipinski definition) is 1. The average Bonchev–Trinajstić information content (AvgIpc) is 3.15. The van der Waals surface area contributed by atoms with E-state index in [4.69, 9.17) is 4.42 Å². The first-order valence-electron chi connectivity index (χ1n) is 8.42. The smallest absolute Gasteiger partial charge is 0.307 e. The number of nitrogens with zero attached hydrogens (tertiary/aromatic N) is 2. The van der Waals surface area contributed by atoms with E-state index in [1.54, 1.807) is 21.9 Å². The summed E-state index contributed by atoms with van der Waals surface area (Å²) >= 11 is 0. The average molecular weight is 334 g/mol. The van der Waals surface area contributed by atoms with Crippen LogP contribution in [0.2, 0.25) is 0 Å². The number of carboxylic acids is 1. The summed E-state index contributed by atoms with van der Waals surface area (Å²) in [6.45, 7) is 1.76. The Morgan fingerprint density at radius 3 is 2.21 bits per heavy atom. The molecule has 1 aromatic rings. The third-order valence-corrected chi connectivity index (χ3v) is 5.01. The molecule has 0 unspecified atom stereocenters. The Hall–Kier alpha value is -2.31. The molecule has 0 aromatic carbocycles. The van der Waals surface area contributed by atoms with Crippen molar-refractivity contribution in [3.8, 4) is 0 Å². The normalized spacial score (nSPS) is 24.7. The van der Waals surface area contributed by atoms with Crippen LogP contribution in [-0.4, -0.2) is 58.9 Å². The first kappa shape index (κ1) is 16.5. The molecule has 2 aliphatic rings. The molecule has 2 heterocycles. The molecule has 3 rings (SSSR count). The second-order valence-corrected chi connectivity index (χ2v) is 6.43. The number of amides is 2. The summed E-state index contributed by atoms with van der Waals surface area (Å²) < 4.78 is 5.12. The maximum atomic E-state index is 12.7. The van der Waals surface area contributed by atoms with Crippen LogP contribution in [0, 0.1) is 11.8 Å². The second-order valence-electron chi connectivity index (χ2n) is 6.43. The Morgan fingerprint density at radius 2 is 1.62 bits per heavy atom. The molecule has 7 nitrogen and oxygen atoms in total. The molecule has 0 bridgehead atoms. The Balaban J connectivity index is 1.58. The lowest BCUT2D eigenvalue weighted by atomic mass is 9.78. The van der Waals surface area contributed by atoms with Gasteiger partial charge >= 0.3 is 5.97 Å². The lowest BCUT2D eigenvalue weighted by Crippen LogP contribution is -2.53. The molecule has 1 N–H and O–H groups in total. The van der Waals surface area contributed by atoms with Crippen LogP contribution in [0.4, 0.5) is 0 Å². The highest BCUT2D eigenvalue weighted by Gasteiger charge is 2.38. The van der Waals surface area contributed by atoms with Gasteiger partial charge in [0, 0.05) is 26.2 Å². The van der Waals surface area contributed by atoms with Crippen molar-refractivity contribution in [1.29, 1.82) is 0 Å². The molecule has 2 atom stereocenters. The number of furan rings is 1. The fourth-order valence-electron chi connectivity index (χ4n) is 3.64. The molecule has 0 radical (unpaired) electrons. The maximum absolute atomic E-state index is 12.7. The highest BCUT2D eigenvalue weighted by molar-refractivity contribution is 5.91. The van der Waals surface area contributed by atoms with Gasteiger partial charge in [-0.1, -0.05) is 12.8 Å². The summed E-state index contributed by atoms with van der Waals surface area (Å²) in [5.41, 5.74) is 0. The highest BCUT2D eigenvalue weighted by atomic mass is 16.4. The molecule has 2 amide bonds. The number of hydrogen-bond acceptors (Lipinski definition) is 4. The van der Waals surface area contributed by atoms with Gasteiger partial charge in [0.2, 0.25) is 5.91 Å². The zero-order chi connectivity index (χ0) is 17.1. The van der Waals surface area contributed by atoms with Crippen LogP contribution >= 0.6 is 0 Å². The topological polar surface area (TPSA) is 91.1 Å². The van der Waals surface area contributed by atoms with Gasteiger partial charge in [0.1, 0.15) is 0 Å². The molecule has 1 aliphatic carbocycles. The van der Waals surface area contributed by atoms with Crippen LogP contribution in [0.25, 0.3) is 0 Å². The van der Waals surface area contributed by atoms with Crippen LogP contribution in [0.3, 0.4) is 0 Å². The van der Waals surface area contributed by atoms with E-state index >= 15 is 0 Å². The van der Waals surface area contributed by atoms with E-state index in [2.05, 4.69) is 0 Å². The summed E-state index contributed by atoms with van der Waals surface area (Å²) in [6, 6.07) is 3.29. The van der Waals surface area contributed by atoms with Crippen LogP contribution in [0.15, 0.2) is 22.8 Å². The molecule has 0 spiro atoms. The van der Waals surface area contributed by atoms with Crippen molar-refractivity contribution in [2.24, 2.45) is 11.8 Å². The molecular formula is C17H22N2O5. The van der Waals surface area contributed by atoms with E-state index < -0.39 is 17.8 Å². The fourth-order valence-corrected chi connectivity index (χ4v) is 3.64. The van der Waals surface area contributed by atoms with Crippen molar-refractivity contribution in [3.63, 3.8) is 0 Å². The predicted molar refractivity (Wildman–Crippen MR) is 84.3 cm³/mol. The lowest BCUT2D eigenvalue weighted by Gasteiger charge is -2.38. The van der Waals surface area contributed by atoms with E-state index in [9.17, 15) is 19.5 Å². The van der Waals surface area contributed by atoms with Gasteiger partial charge in [-0.15, -0.1) is 0 Å². The van der Waals surface area contributed by atoms with Gasteiger partial charge in [-0.3, -0.25) is 14.4 Å². The van der Waals surface area contributed by atoms with Gasteiger partial charge in [-0.2, -0.15) is 0 Å². The fraction of sp³-hybridized carbons (Fsp3) is 0.588. The molecule has 1 saturated heterocycles. The summed E-state index contributed by atoms with van der Waals surface area (Å²) in [5, 5.41) is 9.34. The molecule has 130 valence electrons. The molecule has 1 saturated carbocycles. The van der Waals surface area contributed by atoms with Gasteiger partial charge < -0.3 is 19.3 Å². The number of rotatable bonds is 3. The molecule has 7 heteroatoms. The first-order valence-corrected chi connectivity index (χ1v) is 8.42. The number of carbonyl (C=O) groups is 3. The molecule has 1 aliphatic heterocycles. The van der Waals surface area contributed by atoms with Crippen LogP contribution in [0.5, 0.6) is 0 Å². The highest BCUT2D eigenvalue weighted by Crippen LogP contribution is 2.32. The van der Waals surface area contributed by atoms with E-state index in [1.165, 1.54) is 6.26 Å². The minimum atomic E-state index is -0.875. The third-order valence-electron chi connectivity index (χ3n) is 5.01. The summed E-state index contributed by atoms with van der Waals surface area (Å²) in [4.78, 5) is 39.7. The van der Waals surface area contributed by atoms with E-state index in [0.29, 0.717) is 44.8 Å². The van der Waals surface area contributed by atoms with Crippen molar-refractivity contribution >= 4 is 17.8 Å². The monoisotopic (exact) mass is 334 g/mol. The predicted octanol–water partition coefficient (Wildman–Crippen LogP) is 1.45. The Labute approximate surface area is 140 Å². The number of carbonyl (C=O) groups excluding carboxylic acids is 2. The maximum Gasteiger partial charge on any atom is 0.307 e. The summed E-state index contributed by atoms with van der Waals surface area (Å²) in [6.07, 6.45) is 4.44. The quantitative estimate of drug-likeness (QED) is 0.903.